The van der Waals surface area contributed by atoms with Crippen molar-refractivity contribution < 1.29 is 4.79 Å². The molecule has 156 valence electrons. The smallest absolute Gasteiger partial charge is 0.249 e. The lowest BCUT2D eigenvalue weighted by atomic mass is 10.0. The Hall–Kier alpha value is -3.75. The molecule has 5 N–H and O–H groups in total. The minimum atomic E-state index is -0.468. The first-order valence-electron chi connectivity index (χ1n) is 10.2. The van der Waals surface area contributed by atoms with Crippen LogP contribution in [0.5, 0.6) is 0 Å². The summed E-state index contributed by atoms with van der Waals surface area (Å²) in [5.74, 6) is -0.468. The third kappa shape index (κ3) is 3.74. The van der Waals surface area contributed by atoms with Crippen molar-refractivity contribution in [2.75, 3.05) is 0 Å². The van der Waals surface area contributed by atoms with Crippen molar-refractivity contribution in [2.24, 2.45) is 10.7 Å². The van der Waals surface area contributed by atoms with Gasteiger partial charge in [0.05, 0.1) is 35.4 Å². The van der Waals surface area contributed by atoms with Crippen LogP contribution >= 0.6 is 0 Å². The predicted molar refractivity (Wildman–Crippen MR) is 120 cm³/mol. The number of rotatable bonds is 5. The SMILES string of the molecule is NC(=O)c1cccc2c1cnn2C1NC2=C(CC=CN=C2)C(NCc2ccccc2)N1. The third-order valence-electron chi connectivity index (χ3n) is 5.55. The second kappa shape index (κ2) is 8.17. The maximum atomic E-state index is 11.8. The summed E-state index contributed by atoms with van der Waals surface area (Å²) in [6.07, 6.45) is 7.72. The van der Waals surface area contributed by atoms with Crippen molar-refractivity contribution in [1.82, 2.24) is 25.7 Å². The van der Waals surface area contributed by atoms with Crippen molar-refractivity contribution in [1.29, 1.82) is 0 Å². The van der Waals surface area contributed by atoms with Crippen molar-refractivity contribution >= 4 is 23.0 Å². The van der Waals surface area contributed by atoms with Gasteiger partial charge in [-0.15, -0.1) is 0 Å². The number of fused-ring (bicyclic) bond motifs is 1. The van der Waals surface area contributed by atoms with Gasteiger partial charge in [0.25, 0.3) is 0 Å². The lowest BCUT2D eigenvalue weighted by molar-refractivity contribution is 0.100. The fourth-order valence-corrected chi connectivity index (χ4v) is 4.02. The topological polar surface area (TPSA) is 109 Å². The molecule has 2 atom stereocenters. The molecule has 0 bridgehead atoms. The summed E-state index contributed by atoms with van der Waals surface area (Å²) in [6, 6.07) is 15.7. The molecule has 0 spiro atoms. The number of nitrogens with two attached hydrogens (primary N) is 1. The molecular formula is C23H23N7O. The van der Waals surface area contributed by atoms with Crippen LogP contribution in [0.3, 0.4) is 0 Å². The molecule has 8 heteroatoms. The van der Waals surface area contributed by atoms with E-state index in [9.17, 15) is 4.79 Å². The van der Waals surface area contributed by atoms with Crippen LogP contribution in [0, 0.1) is 0 Å². The van der Waals surface area contributed by atoms with Crippen LogP contribution in [0.4, 0.5) is 0 Å². The van der Waals surface area contributed by atoms with Crippen LogP contribution in [0.1, 0.15) is 28.6 Å². The maximum Gasteiger partial charge on any atom is 0.249 e. The fraction of sp³-hybridized carbons (Fsp3) is 0.174. The van der Waals surface area contributed by atoms with Gasteiger partial charge >= 0.3 is 0 Å². The zero-order valence-corrected chi connectivity index (χ0v) is 16.8. The van der Waals surface area contributed by atoms with E-state index in [1.807, 2.05) is 53.5 Å². The number of benzene rings is 2. The largest absolute Gasteiger partial charge is 0.366 e. The Bertz CT molecular complexity index is 1210. The molecule has 0 saturated carbocycles. The number of aromatic nitrogens is 2. The Morgan fingerprint density at radius 1 is 1.19 bits per heavy atom. The van der Waals surface area contributed by atoms with Crippen molar-refractivity contribution in [3.63, 3.8) is 0 Å². The Morgan fingerprint density at radius 2 is 2.06 bits per heavy atom. The van der Waals surface area contributed by atoms with Crippen LogP contribution in [-0.2, 0) is 6.54 Å². The number of nitrogens with zero attached hydrogens (tertiary/aromatic N) is 3. The standard InChI is InChI=1S/C23H23N7O/c24-21(31)16-8-4-10-20-18(16)13-27-30(20)23-28-19-14-25-11-5-9-17(19)22(29-23)26-12-15-6-2-1-3-7-15/h1-8,10-11,13-14,22-23,26,28-29H,9,12H2,(H2,24,31). The number of carbonyl (C=O) groups excluding carboxylic acids is 1. The average Bonchev–Trinajstić information content (AvgIpc) is 3.08. The van der Waals surface area contributed by atoms with Crippen molar-refractivity contribution in [3.8, 4) is 0 Å². The molecule has 3 aromatic rings. The number of amides is 1. The second-order valence-electron chi connectivity index (χ2n) is 7.51. The Labute approximate surface area is 179 Å². The first kappa shape index (κ1) is 19.2. The van der Waals surface area contributed by atoms with Gasteiger partial charge in [-0.2, -0.15) is 5.10 Å². The fourth-order valence-electron chi connectivity index (χ4n) is 4.02. The van der Waals surface area contributed by atoms with Crippen LogP contribution in [-0.4, -0.2) is 28.1 Å². The number of carbonyl (C=O) groups is 1. The zero-order valence-electron chi connectivity index (χ0n) is 16.8. The van der Waals surface area contributed by atoms with Crippen LogP contribution < -0.4 is 21.7 Å². The number of hydrogen-bond acceptors (Lipinski definition) is 6. The lowest BCUT2D eigenvalue weighted by Crippen LogP contribution is -2.55. The van der Waals surface area contributed by atoms with E-state index in [0.717, 1.165) is 23.0 Å². The van der Waals surface area contributed by atoms with Gasteiger partial charge in [-0.1, -0.05) is 42.5 Å². The van der Waals surface area contributed by atoms with Gasteiger partial charge in [0.1, 0.15) is 0 Å². The van der Waals surface area contributed by atoms with Crippen LogP contribution in [0.25, 0.3) is 10.9 Å². The maximum absolute atomic E-state index is 11.8. The first-order chi connectivity index (χ1) is 15.2. The lowest BCUT2D eigenvalue weighted by Gasteiger charge is -2.36. The molecule has 0 saturated heterocycles. The zero-order chi connectivity index (χ0) is 21.2. The van der Waals surface area contributed by atoms with Gasteiger partial charge < -0.3 is 11.1 Å². The minimum Gasteiger partial charge on any atom is -0.366 e. The number of nitrogens with one attached hydrogen (secondary N) is 3. The van der Waals surface area contributed by atoms with Gasteiger partial charge in [-0.3, -0.25) is 20.4 Å². The molecule has 31 heavy (non-hydrogen) atoms. The summed E-state index contributed by atoms with van der Waals surface area (Å²) in [6.45, 7) is 0.717. The van der Waals surface area contributed by atoms with E-state index >= 15 is 0 Å². The Balaban J connectivity index is 1.48. The highest BCUT2D eigenvalue weighted by atomic mass is 16.1. The molecule has 0 fully saturated rings. The third-order valence-corrected chi connectivity index (χ3v) is 5.55. The van der Waals surface area contributed by atoms with Gasteiger partial charge in [-0.25, -0.2) is 4.68 Å². The van der Waals surface area contributed by atoms with Crippen LogP contribution in [0.2, 0.25) is 0 Å². The van der Waals surface area contributed by atoms with Gasteiger partial charge in [-0.05, 0) is 29.7 Å². The molecule has 0 aliphatic carbocycles. The summed E-state index contributed by atoms with van der Waals surface area (Å²) in [4.78, 5) is 16.2. The minimum absolute atomic E-state index is 0.0887. The van der Waals surface area contributed by atoms with Gasteiger partial charge in [0.2, 0.25) is 5.91 Å². The molecule has 2 aromatic carbocycles. The Kier molecular flexibility index (Phi) is 5.07. The van der Waals surface area contributed by atoms with E-state index in [4.69, 9.17) is 5.73 Å². The van der Waals surface area contributed by atoms with Gasteiger partial charge in [0.15, 0.2) is 6.29 Å². The van der Waals surface area contributed by atoms with Crippen LogP contribution in [0.15, 0.2) is 83.3 Å². The first-order valence-corrected chi connectivity index (χ1v) is 10.2. The highest BCUT2D eigenvalue weighted by Crippen LogP contribution is 2.25. The molecule has 2 unspecified atom stereocenters. The summed E-state index contributed by atoms with van der Waals surface area (Å²) in [7, 11) is 0. The summed E-state index contributed by atoms with van der Waals surface area (Å²) < 4.78 is 1.83. The van der Waals surface area contributed by atoms with Crippen molar-refractivity contribution in [2.45, 2.75) is 25.4 Å². The molecule has 3 heterocycles. The normalized spacial score (nSPS) is 20.4. The molecule has 8 nitrogen and oxygen atoms in total. The highest BCUT2D eigenvalue weighted by molar-refractivity contribution is 6.05. The van der Waals surface area contributed by atoms with E-state index in [2.05, 4.69) is 38.2 Å². The molecule has 2 aliphatic heterocycles. The van der Waals surface area contributed by atoms with Crippen molar-refractivity contribution in [3.05, 3.63) is 89.4 Å². The molecular weight excluding hydrogens is 390 g/mol. The number of hydrogen-bond donors (Lipinski definition) is 4. The summed E-state index contributed by atoms with van der Waals surface area (Å²) >= 11 is 0. The average molecular weight is 413 g/mol. The Morgan fingerprint density at radius 3 is 2.90 bits per heavy atom. The van der Waals surface area contributed by atoms with E-state index < -0.39 is 5.91 Å². The number of aliphatic imine (C=N–C) groups is 1. The number of primary amides is 1. The van der Waals surface area contributed by atoms with E-state index in [1.165, 1.54) is 11.1 Å². The molecule has 1 aromatic heterocycles. The summed E-state index contributed by atoms with van der Waals surface area (Å²) in [5, 5.41) is 16.0. The second-order valence-corrected chi connectivity index (χ2v) is 7.51. The number of allylic oxidation sites excluding steroid dienone is 2. The highest BCUT2D eigenvalue weighted by Gasteiger charge is 2.29. The molecule has 5 rings (SSSR count). The van der Waals surface area contributed by atoms with E-state index in [-0.39, 0.29) is 12.5 Å². The molecule has 0 radical (unpaired) electrons. The van der Waals surface area contributed by atoms with Gasteiger partial charge in [0, 0.05) is 18.1 Å². The predicted octanol–water partition coefficient (Wildman–Crippen LogP) is 2.14. The van der Waals surface area contributed by atoms with E-state index in [1.54, 1.807) is 12.3 Å². The molecule has 1 amide bonds. The molecule has 2 aliphatic rings. The quantitative estimate of drug-likeness (QED) is 0.512. The summed E-state index contributed by atoms with van der Waals surface area (Å²) in [5.41, 5.74) is 10.1. The monoisotopic (exact) mass is 413 g/mol. The van der Waals surface area contributed by atoms with E-state index in [0.29, 0.717) is 12.1 Å².